The van der Waals surface area contributed by atoms with Crippen LogP contribution in [0.4, 0.5) is 5.82 Å². The minimum absolute atomic E-state index is 0.462. The molecule has 0 radical (unpaired) electrons. The molecule has 0 spiro atoms. The van der Waals surface area contributed by atoms with Crippen LogP contribution in [0.15, 0.2) is 77.4 Å². The van der Waals surface area contributed by atoms with E-state index in [4.69, 9.17) is 4.52 Å². The third kappa shape index (κ3) is 3.62. The summed E-state index contributed by atoms with van der Waals surface area (Å²) in [4.78, 5) is 8.90. The monoisotopic (exact) mass is 342 g/mol. The van der Waals surface area contributed by atoms with E-state index in [1.807, 2.05) is 61.5 Å². The Kier molecular flexibility index (Phi) is 4.43. The first-order valence-corrected chi connectivity index (χ1v) is 8.43. The fourth-order valence-corrected chi connectivity index (χ4v) is 2.66. The molecular formula is C21H18N4O. The summed E-state index contributed by atoms with van der Waals surface area (Å²) in [6.45, 7) is 2.76. The van der Waals surface area contributed by atoms with Crippen molar-refractivity contribution < 1.29 is 4.52 Å². The largest absolute Gasteiger partial charge is 0.366 e. The molecule has 1 N–H and O–H groups in total. The molecule has 4 rings (SSSR count). The number of nitrogens with zero attached hydrogens (tertiary/aromatic N) is 3. The number of nitrogens with one attached hydrogen (secondary N) is 1. The zero-order chi connectivity index (χ0) is 17.8. The molecule has 2 heterocycles. The summed E-state index contributed by atoms with van der Waals surface area (Å²) in [5.74, 6) is 1.84. The lowest BCUT2D eigenvalue weighted by Crippen LogP contribution is -2.00. The summed E-state index contributed by atoms with van der Waals surface area (Å²) in [5.41, 5.74) is 4.10. The Bertz CT molecular complexity index is 994. The third-order valence-electron chi connectivity index (χ3n) is 4.03. The van der Waals surface area contributed by atoms with E-state index in [2.05, 4.69) is 32.6 Å². The van der Waals surface area contributed by atoms with Crippen molar-refractivity contribution in [1.29, 1.82) is 0 Å². The highest BCUT2D eigenvalue weighted by molar-refractivity contribution is 5.60. The lowest BCUT2D eigenvalue weighted by Gasteiger charge is -2.05. The maximum Gasteiger partial charge on any atom is 0.259 e. The van der Waals surface area contributed by atoms with Crippen molar-refractivity contribution in [2.45, 2.75) is 13.5 Å². The molecule has 0 aliphatic rings. The molecule has 0 atom stereocenters. The van der Waals surface area contributed by atoms with Crippen molar-refractivity contribution in [2.24, 2.45) is 0 Å². The van der Waals surface area contributed by atoms with Crippen molar-refractivity contribution >= 4 is 5.82 Å². The number of benzene rings is 2. The molecule has 4 aromatic rings. The first kappa shape index (κ1) is 16.0. The first-order valence-electron chi connectivity index (χ1n) is 8.43. The SMILES string of the molecule is Cc1cccc(-c2noc(-c3ccc(NCc4ccccc4)nc3)n2)c1. The van der Waals surface area contributed by atoms with Crippen LogP contribution in [0.5, 0.6) is 0 Å². The summed E-state index contributed by atoms with van der Waals surface area (Å²) >= 11 is 0. The highest BCUT2D eigenvalue weighted by Gasteiger charge is 2.11. The van der Waals surface area contributed by atoms with Gasteiger partial charge in [0.1, 0.15) is 5.82 Å². The van der Waals surface area contributed by atoms with Crippen molar-refractivity contribution in [2.75, 3.05) is 5.32 Å². The molecule has 128 valence electrons. The van der Waals surface area contributed by atoms with E-state index < -0.39 is 0 Å². The van der Waals surface area contributed by atoms with Crippen LogP contribution in [0.25, 0.3) is 22.8 Å². The fourth-order valence-electron chi connectivity index (χ4n) is 2.66. The van der Waals surface area contributed by atoms with Crippen LogP contribution in [0.3, 0.4) is 0 Å². The van der Waals surface area contributed by atoms with Crippen LogP contribution < -0.4 is 5.32 Å². The van der Waals surface area contributed by atoms with E-state index in [1.54, 1.807) is 6.20 Å². The van der Waals surface area contributed by atoms with Crippen molar-refractivity contribution in [1.82, 2.24) is 15.1 Å². The van der Waals surface area contributed by atoms with Crippen LogP contribution in [0.1, 0.15) is 11.1 Å². The molecule has 5 heteroatoms. The lowest BCUT2D eigenvalue weighted by molar-refractivity contribution is 0.432. The Morgan fingerprint density at radius 1 is 0.923 bits per heavy atom. The van der Waals surface area contributed by atoms with Gasteiger partial charge in [-0.3, -0.25) is 0 Å². The van der Waals surface area contributed by atoms with Crippen LogP contribution >= 0.6 is 0 Å². The normalized spacial score (nSPS) is 10.7. The second-order valence-corrected chi connectivity index (χ2v) is 6.06. The Morgan fingerprint density at radius 3 is 2.58 bits per heavy atom. The molecule has 0 amide bonds. The number of hydrogen-bond donors (Lipinski definition) is 1. The smallest absolute Gasteiger partial charge is 0.259 e. The summed E-state index contributed by atoms with van der Waals surface area (Å²) in [7, 11) is 0. The summed E-state index contributed by atoms with van der Waals surface area (Å²) in [6, 6.07) is 22.1. The lowest BCUT2D eigenvalue weighted by atomic mass is 10.1. The zero-order valence-corrected chi connectivity index (χ0v) is 14.4. The molecule has 0 aliphatic heterocycles. The highest BCUT2D eigenvalue weighted by Crippen LogP contribution is 2.23. The van der Waals surface area contributed by atoms with Gasteiger partial charge in [-0.25, -0.2) is 4.98 Å². The van der Waals surface area contributed by atoms with Crippen LogP contribution in [-0.4, -0.2) is 15.1 Å². The Hall–Kier alpha value is -3.47. The highest BCUT2D eigenvalue weighted by atomic mass is 16.5. The minimum Gasteiger partial charge on any atom is -0.366 e. The maximum absolute atomic E-state index is 5.39. The number of hydrogen-bond acceptors (Lipinski definition) is 5. The average Bonchev–Trinajstić information content (AvgIpc) is 3.18. The van der Waals surface area contributed by atoms with E-state index in [-0.39, 0.29) is 0 Å². The van der Waals surface area contributed by atoms with E-state index in [0.29, 0.717) is 11.7 Å². The van der Waals surface area contributed by atoms with E-state index in [9.17, 15) is 0 Å². The predicted octanol–water partition coefficient (Wildman–Crippen LogP) is 4.72. The number of aryl methyl sites for hydroxylation is 1. The van der Waals surface area contributed by atoms with Gasteiger partial charge in [0.05, 0.1) is 5.56 Å². The fraction of sp³-hybridized carbons (Fsp3) is 0.0952. The van der Waals surface area contributed by atoms with E-state index >= 15 is 0 Å². The molecule has 0 bridgehead atoms. The second-order valence-electron chi connectivity index (χ2n) is 6.06. The van der Waals surface area contributed by atoms with Crippen LogP contribution in [0.2, 0.25) is 0 Å². The van der Waals surface area contributed by atoms with E-state index in [0.717, 1.165) is 29.1 Å². The quantitative estimate of drug-likeness (QED) is 0.568. The van der Waals surface area contributed by atoms with Gasteiger partial charge in [0.2, 0.25) is 5.82 Å². The van der Waals surface area contributed by atoms with Crippen molar-refractivity contribution in [3.05, 3.63) is 84.1 Å². The summed E-state index contributed by atoms with van der Waals surface area (Å²) in [5, 5.41) is 7.37. The van der Waals surface area contributed by atoms with Crippen LogP contribution in [-0.2, 0) is 6.54 Å². The van der Waals surface area contributed by atoms with Gasteiger partial charge >= 0.3 is 0 Å². The standard InChI is InChI=1S/C21H18N4O/c1-15-6-5-9-17(12-15)20-24-21(26-25-20)18-10-11-19(23-14-18)22-13-16-7-3-2-4-8-16/h2-12,14H,13H2,1H3,(H,22,23). The van der Waals surface area contributed by atoms with Gasteiger partial charge in [-0.1, -0.05) is 59.3 Å². The summed E-state index contributed by atoms with van der Waals surface area (Å²) in [6.07, 6.45) is 1.74. The molecule has 26 heavy (non-hydrogen) atoms. The Balaban J connectivity index is 1.47. The number of anilines is 1. The average molecular weight is 342 g/mol. The van der Waals surface area contributed by atoms with Gasteiger partial charge in [0.15, 0.2) is 0 Å². The first-order chi connectivity index (χ1) is 12.8. The van der Waals surface area contributed by atoms with Crippen molar-refractivity contribution in [3.63, 3.8) is 0 Å². The molecule has 2 aromatic heterocycles. The van der Waals surface area contributed by atoms with Gasteiger partial charge in [-0.15, -0.1) is 0 Å². The number of aromatic nitrogens is 3. The van der Waals surface area contributed by atoms with Gasteiger partial charge in [0, 0.05) is 18.3 Å². The summed E-state index contributed by atoms with van der Waals surface area (Å²) < 4.78 is 5.39. The Morgan fingerprint density at radius 2 is 1.81 bits per heavy atom. The molecule has 5 nitrogen and oxygen atoms in total. The molecule has 0 saturated carbocycles. The van der Waals surface area contributed by atoms with Crippen molar-refractivity contribution in [3.8, 4) is 22.8 Å². The molecule has 0 aliphatic carbocycles. The Labute approximate surface area is 151 Å². The van der Waals surface area contributed by atoms with Gasteiger partial charge < -0.3 is 9.84 Å². The molecule has 0 fully saturated rings. The third-order valence-corrected chi connectivity index (χ3v) is 4.03. The van der Waals surface area contributed by atoms with Crippen LogP contribution in [0, 0.1) is 6.92 Å². The minimum atomic E-state index is 0.462. The molecule has 2 aromatic carbocycles. The van der Waals surface area contributed by atoms with Gasteiger partial charge in [0.25, 0.3) is 5.89 Å². The second kappa shape index (κ2) is 7.19. The maximum atomic E-state index is 5.39. The zero-order valence-electron chi connectivity index (χ0n) is 14.4. The van der Waals surface area contributed by atoms with Gasteiger partial charge in [-0.05, 0) is 30.7 Å². The number of pyridine rings is 1. The van der Waals surface area contributed by atoms with E-state index in [1.165, 1.54) is 5.56 Å². The molecular weight excluding hydrogens is 324 g/mol. The number of rotatable bonds is 5. The molecule has 0 saturated heterocycles. The topological polar surface area (TPSA) is 63.8 Å². The predicted molar refractivity (Wildman–Crippen MR) is 101 cm³/mol. The molecule has 0 unspecified atom stereocenters. The van der Waals surface area contributed by atoms with Gasteiger partial charge in [-0.2, -0.15) is 4.98 Å².